The first-order valence-corrected chi connectivity index (χ1v) is 7.58. The van der Waals surface area contributed by atoms with Crippen LogP contribution in [0.15, 0.2) is 59.3 Å². The van der Waals surface area contributed by atoms with E-state index in [0.717, 1.165) is 17.5 Å². The van der Waals surface area contributed by atoms with Crippen molar-refractivity contribution in [2.45, 2.75) is 26.2 Å². The summed E-state index contributed by atoms with van der Waals surface area (Å²) in [5, 5.41) is 3.85. The van der Waals surface area contributed by atoms with Crippen molar-refractivity contribution < 1.29 is 8.91 Å². The van der Waals surface area contributed by atoms with Crippen molar-refractivity contribution in [1.29, 1.82) is 0 Å². The lowest BCUT2D eigenvalue weighted by Gasteiger charge is -2.05. The monoisotopic (exact) mass is 295 g/mol. The van der Waals surface area contributed by atoms with Crippen LogP contribution in [0.3, 0.4) is 0 Å². The lowest BCUT2D eigenvalue weighted by molar-refractivity contribution is 0.430. The normalized spacial score (nSPS) is 10.8. The molecule has 112 valence electrons. The summed E-state index contributed by atoms with van der Waals surface area (Å²) in [6, 6.07) is 14.9. The minimum Gasteiger partial charge on any atom is -0.356 e. The van der Waals surface area contributed by atoms with E-state index < -0.39 is 0 Å². The van der Waals surface area contributed by atoms with Gasteiger partial charge in [0.15, 0.2) is 5.76 Å². The van der Waals surface area contributed by atoms with Crippen LogP contribution in [0, 0.1) is 5.82 Å². The Bertz CT molecular complexity index is 746. The molecule has 2 nitrogen and oxygen atoms in total. The highest BCUT2D eigenvalue weighted by molar-refractivity contribution is 5.79. The summed E-state index contributed by atoms with van der Waals surface area (Å²) in [5.41, 5.74) is 3.55. The quantitative estimate of drug-likeness (QED) is 0.622. The molecular weight excluding hydrogens is 277 g/mol. The predicted molar refractivity (Wildman–Crippen MR) is 85.9 cm³/mol. The highest BCUT2D eigenvalue weighted by Crippen LogP contribution is 2.33. The Labute approximate surface area is 129 Å². The van der Waals surface area contributed by atoms with Crippen molar-refractivity contribution in [1.82, 2.24) is 5.16 Å². The fourth-order valence-corrected chi connectivity index (χ4v) is 2.52. The number of rotatable bonds is 5. The molecule has 0 amide bonds. The summed E-state index contributed by atoms with van der Waals surface area (Å²) < 4.78 is 19.3. The highest BCUT2D eigenvalue weighted by atomic mass is 19.1. The van der Waals surface area contributed by atoms with Crippen molar-refractivity contribution in [3.8, 4) is 22.5 Å². The van der Waals surface area contributed by atoms with Gasteiger partial charge in [0, 0.05) is 5.56 Å². The van der Waals surface area contributed by atoms with Crippen molar-refractivity contribution in [2.24, 2.45) is 0 Å². The fourth-order valence-electron chi connectivity index (χ4n) is 2.52. The molecule has 0 aliphatic rings. The van der Waals surface area contributed by atoms with Crippen LogP contribution in [0.4, 0.5) is 4.39 Å². The molecule has 0 aliphatic carbocycles. The molecule has 1 aromatic heterocycles. The van der Waals surface area contributed by atoms with Crippen molar-refractivity contribution in [3.05, 3.63) is 66.1 Å². The second-order valence-corrected chi connectivity index (χ2v) is 5.35. The second kappa shape index (κ2) is 6.56. The average molecular weight is 295 g/mol. The predicted octanol–water partition coefficient (Wildman–Crippen LogP) is 5.49. The molecule has 0 saturated heterocycles. The molecular formula is C19H18FNO. The van der Waals surface area contributed by atoms with Gasteiger partial charge in [-0.2, -0.15) is 0 Å². The first-order chi connectivity index (χ1) is 10.8. The van der Waals surface area contributed by atoms with E-state index in [1.54, 1.807) is 24.4 Å². The van der Waals surface area contributed by atoms with Gasteiger partial charge in [0.1, 0.15) is 5.82 Å². The Morgan fingerprint density at radius 1 is 1.00 bits per heavy atom. The molecule has 0 N–H and O–H groups in total. The van der Waals surface area contributed by atoms with Crippen molar-refractivity contribution in [2.75, 3.05) is 0 Å². The van der Waals surface area contributed by atoms with Gasteiger partial charge >= 0.3 is 0 Å². The van der Waals surface area contributed by atoms with Gasteiger partial charge < -0.3 is 4.52 Å². The van der Waals surface area contributed by atoms with Crippen LogP contribution in [0.25, 0.3) is 22.5 Å². The lowest BCUT2D eigenvalue weighted by atomic mass is 10.00. The molecule has 1 heterocycles. The Morgan fingerprint density at radius 2 is 1.77 bits per heavy atom. The van der Waals surface area contributed by atoms with E-state index in [0.29, 0.717) is 11.3 Å². The van der Waals surface area contributed by atoms with E-state index in [-0.39, 0.29) is 5.82 Å². The third-order valence-electron chi connectivity index (χ3n) is 3.77. The number of nitrogens with zero attached hydrogens (tertiary/aromatic N) is 1. The SMILES string of the molecule is CCCCc1ccc(-c2cnoc2-c2ccccc2F)cc1. The zero-order chi connectivity index (χ0) is 15.4. The standard InChI is InChI=1S/C19H18FNO/c1-2-3-6-14-9-11-15(12-10-14)17-13-21-22-19(17)16-7-4-5-8-18(16)20/h4-5,7-13H,2-3,6H2,1H3. The molecule has 0 radical (unpaired) electrons. The van der Waals surface area contributed by atoms with Gasteiger partial charge in [-0.3, -0.25) is 0 Å². The van der Waals surface area contributed by atoms with Crippen LogP contribution in [0.2, 0.25) is 0 Å². The van der Waals surface area contributed by atoms with Gasteiger partial charge in [-0.1, -0.05) is 54.9 Å². The minimum absolute atomic E-state index is 0.305. The van der Waals surface area contributed by atoms with Gasteiger partial charge in [-0.05, 0) is 36.1 Å². The summed E-state index contributed by atoms with van der Waals surface area (Å²) in [6.07, 6.45) is 5.10. The van der Waals surface area contributed by atoms with E-state index in [2.05, 4.69) is 24.2 Å². The molecule has 0 spiro atoms. The molecule has 0 atom stereocenters. The lowest BCUT2D eigenvalue weighted by Crippen LogP contribution is -1.87. The van der Waals surface area contributed by atoms with Crippen molar-refractivity contribution in [3.63, 3.8) is 0 Å². The minimum atomic E-state index is -0.305. The van der Waals surface area contributed by atoms with Crippen LogP contribution < -0.4 is 0 Å². The first-order valence-electron chi connectivity index (χ1n) is 7.58. The first kappa shape index (κ1) is 14.5. The Balaban J connectivity index is 1.94. The summed E-state index contributed by atoms with van der Waals surface area (Å²) in [6.45, 7) is 2.19. The second-order valence-electron chi connectivity index (χ2n) is 5.35. The summed E-state index contributed by atoms with van der Waals surface area (Å²) in [5.74, 6) is 0.166. The van der Waals surface area contributed by atoms with E-state index in [1.807, 2.05) is 12.1 Å². The summed E-state index contributed by atoms with van der Waals surface area (Å²) >= 11 is 0. The Morgan fingerprint density at radius 3 is 2.50 bits per heavy atom. The highest BCUT2D eigenvalue weighted by Gasteiger charge is 2.15. The maximum Gasteiger partial charge on any atom is 0.177 e. The summed E-state index contributed by atoms with van der Waals surface area (Å²) in [7, 11) is 0. The van der Waals surface area contributed by atoms with Crippen LogP contribution in [0.1, 0.15) is 25.3 Å². The van der Waals surface area contributed by atoms with Crippen molar-refractivity contribution >= 4 is 0 Å². The third kappa shape index (κ3) is 2.93. The van der Waals surface area contributed by atoms with E-state index in [9.17, 15) is 4.39 Å². The number of unbranched alkanes of at least 4 members (excludes halogenated alkanes) is 1. The van der Waals surface area contributed by atoms with Gasteiger partial charge in [-0.15, -0.1) is 0 Å². The average Bonchev–Trinajstić information content (AvgIpc) is 3.03. The molecule has 0 fully saturated rings. The van der Waals surface area contributed by atoms with Gasteiger partial charge in [0.25, 0.3) is 0 Å². The number of aromatic nitrogens is 1. The molecule has 3 rings (SSSR count). The van der Waals surface area contributed by atoms with Gasteiger partial charge in [-0.25, -0.2) is 4.39 Å². The third-order valence-corrected chi connectivity index (χ3v) is 3.77. The zero-order valence-corrected chi connectivity index (χ0v) is 12.6. The molecule has 3 aromatic rings. The van der Waals surface area contributed by atoms with Gasteiger partial charge in [0.2, 0.25) is 0 Å². The van der Waals surface area contributed by atoms with Crippen LogP contribution in [-0.2, 0) is 6.42 Å². The van der Waals surface area contributed by atoms with Crippen LogP contribution in [-0.4, -0.2) is 5.16 Å². The van der Waals surface area contributed by atoms with Crippen LogP contribution in [0.5, 0.6) is 0 Å². The maximum absolute atomic E-state index is 14.0. The van der Waals surface area contributed by atoms with E-state index in [4.69, 9.17) is 4.52 Å². The molecule has 22 heavy (non-hydrogen) atoms. The molecule has 2 aromatic carbocycles. The molecule has 0 aliphatic heterocycles. The number of aryl methyl sites for hydroxylation is 1. The van der Waals surface area contributed by atoms with E-state index >= 15 is 0 Å². The zero-order valence-electron chi connectivity index (χ0n) is 12.6. The maximum atomic E-state index is 14.0. The molecule has 0 unspecified atom stereocenters. The smallest absolute Gasteiger partial charge is 0.177 e. The summed E-state index contributed by atoms with van der Waals surface area (Å²) in [4.78, 5) is 0. The topological polar surface area (TPSA) is 26.0 Å². The van der Waals surface area contributed by atoms with Gasteiger partial charge in [0.05, 0.1) is 11.8 Å². The molecule has 0 saturated carbocycles. The number of benzene rings is 2. The number of halogens is 1. The Kier molecular flexibility index (Phi) is 4.33. The number of hydrogen-bond acceptors (Lipinski definition) is 2. The largest absolute Gasteiger partial charge is 0.356 e. The van der Waals surface area contributed by atoms with E-state index in [1.165, 1.54) is 24.5 Å². The molecule has 0 bridgehead atoms. The molecule has 3 heteroatoms. The number of hydrogen-bond donors (Lipinski definition) is 0. The van der Waals surface area contributed by atoms with Crippen LogP contribution >= 0.6 is 0 Å². The fraction of sp³-hybridized carbons (Fsp3) is 0.211. The Hall–Kier alpha value is -2.42.